The maximum Gasteiger partial charge on any atom is 0.330 e. The van der Waals surface area contributed by atoms with Gasteiger partial charge in [-0.25, -0.2) is 4.79 Å². The lowest BCUT2D eigenvalue weighted by Crippen LogP contribution is -2.43. The lowest BCUT2D eigenvalue weighted by atomic mass is 9.64. The standard InChI is InChI=1S/C34H52O7/c1-23-15-19-27(34(8,9)24-13-11-10-12-14-24)28(21-23)41-29(36)20-18-26(40-31(38)33(5,6)7)17-16-25(35)22-39-30(37)32(2,3)4/h10-14,18,20,23,25-28,35H,15-17,19,21-22H2,1-9H3/b20-18+/t23-,25+,26-,27-,28-/m1/s1. The Morgan fingerprint density at radius 1 is 0.927 bits per heavy atom. The molecule has 0 spiro atoms. The summed E-state index contributed by atoms with van der Waals surface area (Å²) >= 11 is 0. The Morgan fingerprint density at radius 3 is 2.12 bits per heavy atom. The molecule has 1 aliphatic rings. The van der Waals surface area contributed by atoms with Crippen LogP contribution in [0.15, 0.2) is 42.5 Å². The Kier molecular flexibility index (Phi) is 12.2. The monoisotopic (exact) mass is 572 g/mol. The van der Waals surface area contributed by atoms with E-state index in [1.165, 1.54) is 17.7 Å². The lowest BCUT2D eigenvalue weighted by molar-refractivity contribution is -0.158. The summed E-state index contributed by atoms with van der Waals surface area (Å²) in [4.78, 5) is 37.7. The molecule has 0 aromatic heterocycles. The second-order valence-electron chi connectivity index (χ2n) is 14.2. The number of carbonyl (C=O) groups is 3. The highest BCUT2D eigenvalue weighted by Crippen LogP contribution is 2.43. The molecule has 1 aromatic carbocycles. The molecule has 0 saturated heterocycles. The van der Waals surface area contributed by atoms with Crippen LogP contribution in [0.5, 0.6) is 0 Å². The largest absolute Gasteiger partial charge is 0.463 e. The van der Waals surface area contributed by atoms with Crippen LogP contribution >= 0.6 is 0 Å². The van der Waals surface area contributed by atoms with Gasteiger partial charge in [0.15, 0.2) is 0 Å². The number of aliphatic hydroxyl groups is 1. The van der Waals surface area contributed by atoms with Crippen molar-refractivity contribution in [1.29, 1.82) is 0 Å². The van der Waals surface area contributed by atoms with E-state index in [1.807, 2.05) is 18.2 Å². The Hall–Kier alpha value is -2.67. The minimum absolute atomic E-state index is 0.153. The molecule has 0 amide bonds. The molecule has 0 bridgehead atoms. The maximum atomic E-state index is 13.1. The molecule has 0 radical (unpaired) electrons. The van der Waals surface area contributed by atoms with Crippen molar-refractivity contribution in [1.82, 2.24) is 0 Å². The summed E-state index contributed by atoms with van der Waals surface area (Å²) in [5.41, 5.74) is -0.356. The molecular formula is C34H52O7. The number of ether oxygens (including phenoxy) is 3. The van der Waals surface area contributed by atoms with Gasteiger partial charge in [0.05, 0.1) is 16.9 Å². The lowest BCUT2D eigenvalue weighted by Gasteiger charge is -2.43. The third-order valence-corrected chi connectivity index (χ3v) is 7.89. The second kappa shape index (κ2) is 14.5. The summed E-state index contributed by atoms with van der Waals surface area (Å²) in [5, 5.41) is 10.4. The zero-order chi connectivity index (χ0) is 31.0. The Labute approximate surface area is 247 Å². The third kappa shape index (κ3) is 10.9. The molecule has 0 unspecified atom stereocenters. The average molecular weight is 573 g/mol. The van der Waals surface area contributed by atoms with Crippen molar-refractivity contribution in [3.8, 4) is 0 Å². The van der Waals surface area contributed by atoms with E-state index in [4.69, 9.17) is 14.2 Å². The van der Waals surface area contributed by atoms with E-state index < -0.39 is 40.9 Å². The SMILES string of the molecule is C[C@@H]1CC[C@@H](C(C)(C)c2ccccc2)[C@H](OC(=O)/C=C/[C@@H](CC[C@H](O)COC(=O)C(C)(C)C)OC(=O)C(C)(C)C)C1. The summed E-state index contributed by atoms with van der Waals surface area (Å²) in [6.45, 7) is 17.0. The number of aliphatic hydroxyl groups excluding tert-OH is 1. The van der Waals surface area contributed by atoms with Gasteiger partial charge in [-0.1, -0.05) is 57.5 Å². The topological polar surface area (TPSA) is 99.1 Å². The molecule has 230 valence electrons. The molecule has 1 fully saturated rings. The summed E-state index contributed by atoms with van der Waals surface area (Å²) in [5.74, 6) is -0.678. The molecule has 7 heteroatoms. The van der Waals surface area contributed by atoms with Gasteiger partial charge < -0.3 is 19.3 Å². The Balaban J connectivity index is 2.10. The van der Waals surface area contributed by atoms with Crippen LogP contribution in [0.25, 0.3) is 0 Å². The fraction of sp³-hybridized carbons (Fsp3) is 0.676. The highest BCUT2D eigenvalue weighted by Gasteiger charge is 2.41. The molecule has 1 aromatic rings. The summed E-state index contributed by atoms with van der Waals surface area (Å²) < 4.78 is 16.9. The highest BCUT2D eigenvalue weighted by molar-refractivity contribution is 5.82. The van der Waals surface area contributed by atoms with Crippen LogP contribution in [0.1, 0.15) is 100.0 Å². The summed E-state index contributed by atoms with van der Waals surface area (Å²) in [6.07, 6.45) is 4.27. The maximum absolute atomic E-state index is 13.1. The van der Waals surface area contributed by atoms with Crippen LogP contribution in [0.2, 0.25) is 0 Å². The average Bonchev–Trinajstić information content (AvgIpc) is 2.87. The van der Waals surface area contributed by atoms with Gasteiger partial charge in [-0.3, -0.25) is 9.59 Å². The molecular weight excluding hydrogens is 520 g/mol. The van der Waals surface area contributed by atoms with Crippen molar-refractivity contribution in [2.45, 2.75) is 118 Å². The number of rotatable bonds is 11. The molecule has 1 saturated carbocycles. The predicted molar refractivity (Wildman–Crippen MR) is 160 cm³/mol. The van der Waals surface area contributed by atoms with Gasteiger partial charge >= 0.3 is 17.9 Å². The number of carbonyl (C=O) groups excluding carboxylic acids is 3. The van der Waals surface area contributed by atoms with E-state index in [0.717, 1.165) is 19.3 Å². The molecule has 0 heterocycles. The quantitative estimate of drug-likeness (QED) is 0.182. The third-order valence-electron chi connectivity index (χ3n) is 7.89. The van der Waals surface area contributed by atoms with E-state index in [2.05, 4.69) is 32.9 Å². The molecule has 1 N–H and O–H groups in total. The molecule has 5 atom stereocenters. The van der Waals surface area contributed by atoms with Gasteiger partial charge in [0.2, 0.25) is 0 Å². The van der Waals surface area contributed by atoms with E-state index in [9.17, 15) is 19.5 Å². The molecule has 2 rings (SSSR count). The van der Waals surface area contributed by atoms with Crippen LogP contribution in [-0.2, 0) is 34.0 Å². The van der Waals surface area contributed by atoms with Gasteiger partial charge in [-0.15, -0.1) is 0 Å². The van der Waals surface area contributed by atoms with Crippen molar-refractivity contribution in [3.63, 3.8) is 0 Å². The van der Waals surface area contributed by atoms with Crippen LogP contribution in [-0.4, -0.2) is 47.9 Å². The smallest absolute Gasteiger partial charge is 0.330 e. The zero-order valence-corrected chi connectivity index (χ0v) is 26.6. The van der Waals surface area contributed by atoms with Gasteiger partial charge in [-0.05, 0) is 90.2 Å². The van der Waals surface area contributed by atoms with Crippen LogP contribution in [0, 0.1) is 22.7 Å². The number of esters is 3. The number of benzene rings is 1. The van der Waals surface area contributed by atoms with Gasteiger partial charge in [-0.2, -0.15) is 0 Å². The van der Waals surface area contributed by atoms with Gasteiger partial charge in [0.1, 0.15) is 18.8 Å². The highest BCUT2D eigenvalue weighted by atomic mass is 16.6. The van der Waals surface area contributed by atoms with E-state index in [1.54, 1.807) is 41.5 Å². The van der Waals surface area contributed by atoms with E-state index >= 15 is 0 Å². The molecule has 1 aliphatic carbocycles. The summed E-state index contributed by atoms with van der Waals surface area (Å²) in [6, 6.07) is 10.3. The van der Waals surface area contributed by atoms with Gasteiger partial charge in [0.25, 0.3) is 0 Å². The van der Waals surface area contributed by atoms with Crippen LogP contribution in [0.4, 0.5) is 0 Å². The summed E-state index contributed by atoms with van der Waals surface area (Å²) in [7, 11) is 0. The van der Waals surface area contributed by atoms with Crippen molar-refractivity contribution in [2.24, 2.45) is 22.7 Å². The van der Waals surface area contributed by atoms with Crippen LogP contribution in [0.3, 0.4) is 0 Å². The van der Waals surface area contributed by atoms with Crippen molar-refractivity contribution >= 4 is 17.9 Å². The minimum atomic E-state index is -0.929. The van der Waals surface area contributed by atoms with Crippen molar-refractivity contribution < 1.29 is 33.7 Å². The first-order valence-corrected chi connectivity index (χ1v) is 14.9. The number of hydrogen-bond acceptors (Lipinski definition) is 7. The minimum Gasteiger partial charge on any atom is -0.463 e. The molecule has 41 heavy (non-hydrogen) atoms. The van der Waals surface area contributed by atoms with Crippen molar-refractivity contribution in [3.05, 3.63) is 48.0 Å². The van der Waals surface area contributed by atoms with E-state index in [-0.39, 0.29) is 36.9 Å². The normalized spacial score (nSPS) is 21.7. The molecule has 7 nitrogen and oxygen atoms in total. The van der Waals surface area contributed by atoms with Crippen molar-refractivity contribution in [2.75, 3.05) is 6.61 Å². The Morgan fingerprint density at radius 2 is 1.54 bits per heavy atom. The van der Waals surface area contributed by atoms with Crippen LogP contribution < -0.4 is 0 Å². The first-order chi connectivity index (χ1) is 18.9. The molecule has 0 aliphatic heterocycles. The zero-order valence-electron chi connectivity index (χ0n) is 26.6. The first-order valence-electron chi connectivity index (χ1n) is 14.9. The number of hydrogen-bond donors (Lipinski definition) is 1. The van der Waals surface area contributed by atoms with Gasteiger partial charge in [0, 0.05) is 12.0 Å². The fourth-order valence-corrected chi connectivity index (χ4v) is 5.08. The van der Waals surface area contributed by atoms with E-state index in [0.29, 0.717) is 5.92 Å². The first kappa shape index (κ1) is 34.5. The predicted octanol–water partition coefficient (Wildman–Crippen LogP) is 6.56. The Bertz CT molecular complexity index is 1030. The fourth-order valence-electron chi connectivity index (χ4n) is 5.08. The second-order valence-corrected chi connectivity index (χ2v) is 14.2.